The van der Waals surface area contributed by atoms with E-state index in [0.29, 0.717) is 37.4 Å². The molecule has 0 aliphatic carbocycles. The topological polar surface area (TPSA) is 100 Å². The summed E-state index contributed by atoms with van der Waals surface area (Å²) >= 11 is 12.3. The molecule has 2 aliphatic rings. The van der Waals surface area contributed by atoms with Crippen LogP contribution in [0.1, 0.15) is 29.5 Å². The van der Waals surface area contributed by atoms with Crippen LogP contribution in [-0.4, -0.2) is 66.0 Å². The van der Waals surface area contributed by atoms with Crippen molar-refractivity contribution in [2.45, 2.75) is 42.3 Å². The number of pyridine rings is 1. The first-order valence-corrected chi connectivity index (χ1v) is 14.9. The van der Waals surface area contributed by atoms with Crippen LogP contribution in [0.2, 0.25) is 10.0 Å². The Balaban J connectivity index is 0.00000370. The van der Waals surface area contributed by atoms with Crippen molar-refractivity contribution >= 4 is 51.5 Å². The zero-order valence-corrected chi connectivity index (χ0v) is 24.7. The van der Waals surface area contributed by atoms with Crippen molar-refractivity contribution in [1.82, 2.24) is 14.2 Å². The van der Waals surface area contributed by atoms with Gasteiger partial charge in [0.1, 0.15) is 11.5 Å². The molecule has 1 aromatic heterocycles. The van der Waals surface area contributed by atoms with E-state index >= 15 is 0 Å². The summed E-state index contributed by atoms with van der Waals surface area (Å²) in [7, 11) is -3.98. The lowest BCUT2D eigenvalue weighted by Gasteiger charge is -2.38. The SMILES string of the molecule is Cl.O=C(COCC1Cc2ccccc2CN1S(=O)(=O)c1ccc(Cl)cc1Cl)N1CCC(O)(c2cccnc2)CC1. The van der Waals surface area contributed by atoms with Crippen LogP contribution in [0.15, 0.2) is 71.9 Å². The fraction of sp³-hybridized carbons (Fsp3) is 0.357. The Morgan fingerprint density at radius 2 is 1.80 bits per heavy atom. The smallest absolute Gasteiger partial charge is 0.248 e. The molecule has 1 saturated heterocycles. The number of aromatic nitrogens is 1. The first-order valence-electron chi connectivity index (χ1n) is 12.7. The summed E-state index contributed by atoms with van der Waals surface area (Å²) in [5.74, 6) is -0.199. The molecular formula is C28H30Cl3N3O5S. The van der Waals surface area contributed by atoms with Crippen molar-refractivity contribution in [3.63, 3.8) is 0 Å². The second-order valence-electron chi connectivity index (χ2n) is 9.92. The Kier molecular flexibility index (Phi) is 9.78. The number of fused-ring (bicyclic) bond motifs is 1. The lowest BCUT2D eigenvalue weighted by atomic mass is 9.85. The standard InChI is InChI=1S/C28H29Cl2N3O5S.ClH/c29-23-7-8-26(25(30)15-23)39(36,37)33-17-21-5-2-1-4-20(21)14-24(33)18-38-19-27(34)32-12-9-28(35,10-13-32)22-6-3-11-31-16-22;/h1-8,11,15-16,24,35H,9-10,12-14,17-19H2;1H. The Morgan fingerprint density at radius 3 is 2.48 bits per heavy atom. The van der Waals surface area contributed by atoms with E-state index in [2.05, 4.69) is 4.98 Å². The zero-order valence-electron chi connectivity index (χ0n) is 21.6. The van der Waals surface area contributed by atoms with Gasteiger partial charge in [-0.15, -0.1) is 12.4 Å². The third kappa shape index (κ3) is 6.46. The number of sulfonamides is 1. The third-order valence-electron chi connectivity index (χ3n) is 7.47. The number of hydrogen-bond donors (Lipinski definition) is 1. The van der Waals surface area contributed by atoms with Crippen molar-refractivity contribution in [1.29, 1.82) is 0 Å². The predicted molar refractivity (Wildman–Crippen MR) is 155 cm³/mol. The van der Waals surface area contributed by atoms with Crippen LogP contribution in [0, 0.1) is 0 Å². The quantitative estimate of drug-likeness (QED) is 0.416. The van der Waals surface area contributed by atoms with Gasteiger partial charge in [-0.1, -0.05) is 53.5 Å². The van der Waals surface area contributed by atoms with E-state index < -0.39 is 21.7 Å². The van der Waals surface area contributed by atoms with E-state index in [1.54, 1.807) is 23.4 Å². The first-order chi connectivity index (χ1) is 18.7. The number of aliphatic hydroxyl groups is 1. The molecule has 0 bridgehead atoms. The van der Waals surface area contributed by atoms with Crippen LogP contribution in [-0.2, 0) is 38.1 Å². The highest BCUT2D eigenvalue weighted by molar-refractivity contribution is 7.89. The second-order valence-corrected chi connectivity index (χ2v) is 12.6. The molecule has 1 fully saturated rings. The van der Waals surface area contributed by atoms with E-state index in [0.717, 1.165) is 16.7 Å². The van der Waals surface area contributed by atoms with Crippen LogP contribution < -0.4 is 0 Å². The molecule has 1 unspecified atom stereocenters. The van der Waals surface area contributed by atoms with Crippen LogP contribution in [0.5, 0.6) is 0 Å². The normalized spacial score (nSPS) is 19.0. The lowest BCUT2D eigenvalue weighted by molar-refractivity contribution is -0.141. The van der Waals surface area contributed by atoms with E-state index in [1.165, 1.54) is 22.5 Å². The summed E-state index contributed by atoms with van der Waals surface area (Å²) < 4.78 is 34.6. The molecule has 214 valence electrons. The fourth-order valence-electron chi connectivity index (χ4n) is 5.22. The van der Waals surface area contributed by atoms with Gasteiger partial charge in [-0.25, -0.2) is 8.42 Å². The molecule has 8 nitrogen and oxygen atoms in total. The fourth-order valence-corrected chi connectivity index (χ4v) is 7.56. The molecule has 1 atom stereocenters. The molecule has 5 rings (SSSR count). The van der Waals surface area contributed by atoms with Gasteiger partial charge in [-0.3, -0.25) is 9.78 Å². The predicted octanol–water partition coefficient (Wildman–Crippen LogP) is 4.45. The number of rotatable bonds is 7. The summed E-state index contributed by atoms with van der Waals surface area (Å²) in [6.07, 6.45) is 4.55. The van der Waals surface area contributed by atoms with E-state index in [9.17, 15) is 18.3 Å². The highest BCUT2D eigenvalue weighted by Gasteiger charge is 2.38. The molecule has 3 heterocycles. The van der Waals surface area contributed by atoms with Crippen LogP contribution in [0.25, 0.3) is 0 Å². The molecule has 2 aliphatic heterocycles. The summed E-state index contributed by atoms with van der Waals surface area (Å²) in [6.45, 7) is 0.801. The molecular weight excluding hydrogens is 597 g/mol. The number of benzene rings is 2. The minimum atomic E-state index is -3.98. The average Bonchev–Trinajstić information content (AvgIpc) is 2.93. The van der Waals surface area contributed by atoms with Gasteiger partial charge in [-0.05, 0) is 54.7 Å². The van der Waals surface area contributed by atoms with Gasteiger partial charge in [0.2, 0.25) is 15.9 Å². The molecule has 12 heteroatoms. The Morgan fingerprint density at radius 1 is 1.07 bits per heavy atom. The van der Waals surface area contributed by atoms with E-state index in [-0.39, 0.29) is 48.0 Å². The van der Waals surface area contributed by atoms with Crippen LogP contribution >= 0.6 is 35.6 Å². The number of hydrogen-bond acceptors (Lipinski definition) is 6. The summed E-state index contributed by atoms with van der Waals surface area (Å²) in [6, 6.07) is 15.1. The maximum Gasteiger partial charge on any atom is 0.248 e. The Bertz CT molecular complexity index is 1450. The number of halogens is 3. The number of likely N-dealkylation sites (tertiary alicyclic amines) is 1. The minimum absolute atomic E-state index is 0. The molecule has 2 aromatic carbocycles. The largest absolute Gasteiger partial charge is 0.385 e. The van der Waals surface area contributed by atoms with E-state index in [1.807, 2.05) is 30.3 Å². The zero-order chi connectivity index (χ0) is 27.6. The van der Waals surface area contributed by atoms with Crippen LogP contribution in [0.3, 0.4) is 0 Å². The van der Waals surface area contributed by atoms with Crippen molar-refractivity contribution in [2.75, 3.05) is 26.3 Å². The number of nitrogens with zero attached hydrogens (tertiary/aromatic N) is 3. The maximum absolute atomic E-state index is 13.7. The van der Waals surface area contributed by atoms with Crippen molar-refractivity contribution in [3.8, 4) is 0 Å². The summed E-state index contributed by atoms with van der Waals surface area (Å²) in [4.78, 5) is 18.6. The maximum atomic E-state index is 13.7. The number of ether oxygens (including phenoxy) is 1. The molecule has 0 radical (unpaired) electrons. The van der Waals surface area contributed by atoms with Gasteiger partial charge < -0.3 is 14.7 Å². The molecule has 1 N–H and O–H groups in total. The van der Waals surface area contributed by atoms with Crippen LogP contribution in [0.4, 0.5) is 0 Å². The van der Waals surface area contributed by atoms with Gasteiger partial charge in [0.15, 0.2) is 0 Å². The Hall–Kier alpha value is -2.24. The van der Waals surface area contributed by atoms with Crippen molar-refractivity contribution in [2.24, 2.45) is 0 Å². The summed E-state index contributed by atoms with van der Waals surface area (Å²) in [5, 5.41) is 11.4. The number of piperidine rings is 1. The van der Waals surface area contributed by atoms with Crippen molar-refractivity contribution in [3.05, 3.63) is 93.7 Å². The van der Waals surface area contributed by atoms with Gasteiger partial charge >= 0.3 is 0 Å². The number of carbonyl (C=O) groups excluding carboxylic acids is 1. The van der Waals surface area contributed by atoms with Gasteiger partial charge in [0.25, 0.3) is 0 Å². The number of carbonyl (C=O) groups is 1. The van der Waals surface area contributed by atoms with Gasteiger partial charge in [0, 0.05) is 42.6 Å². The van der Waals surface area contributed by atoms with E-state index in [4.69, 9.17) is 27.9 Å². The molecule has 0 spiro atoms. The Labute approximate surface area is 250 Å². The summed E-state index contributed by atoms with van der Waals surface area (Å²) in [5.41, 5.74) is 1.68. The molecule has 3 aromatic rings. The number of amides is 1. The second kappa shape index (κ2) is 12.7. The minimum Gasteiger partial charge on any atom is -0.385 e. The highest BCUT2D eigenvalue weighted by atomic mass is 35.5. The highest BCUT2D eigenvalue weighted by Crippen LogP contribution is 2.34. The first kappa shape index (κ1) is 30.7. The third-order valence-corrected chi connectivity index (χ3v) is 10.1. The van der Waals surface area contributed by atoms with Crippen molar-refractivity contribution < 1.29 is 23.1 Å². The van der Waals surface area contributed by atoms with Gasteiger partial charge in [-0.2, -0.15) is 4.31 Å². The molecule has 40 heavy (non-hydrogen) atoms. The molecule has 1 amide bonds. The molecule has 0 saturated carbocycles. The monoisotopic (exact) mass is 625 g/mol. The van der Waals surface area contributed by atoms with Gasteiger partial charge in [0.05, 0.1) is 23.3 Å². The lowest BCUT2D eigenvalue weighted by Crippen LogP contribution is -2.48. The average molecular weight is 627 g/mol.